The zero-order valence-corrected chi connectivity index (χ0v) is 17.3. The van der Waals surface area contributed by atoms with Crippen LogP contribution in [-0.2, 0) is 11.3 Å². The topological polar surface area (TPSA) is 60.5 Å². The molecule has 5 nitrogen and oxygen atoms in total. The van der Waals surface area contributed by atoms with Crippen molar-refractivity contribution in [3.63, 3.8) is 0 Å². The van der Waals surface area contributed by atoms with Gasteiger partial charge in [-0.3, -0.25) is 0 Å². The lowest BCUT2D eigenvalue weighted by Crippen LogP contribution is -2.13. The molecule has 0 spiro atoms. The molecule has 0 saturated carbocycles. The molecule has 0 amide bonds. The van der Waals surface area contributed by atoms with Gasteiger partial charge in [-0.25, -0.2) is 14.2 Å². The van der Waals surface area contributed by atoms with Gasteiger partial charge in [-0.05, 0) is 36.4 Å². The molecule has 2 aromatic rings. The summed E-state index contributed by atoms with van der Waals surface area (Å²) >= 11 is 1.28. The summed E-state index contributed by atoms with van der Waals surface area (Å²) in [5.74, 6) is 0.633. The highest BCUT2D eigenvalue weighted by atomic mass is 32.2. The number of nitrogens with one attached hydrogen (secondary N) is 1. The monoisotopic (exact) mass is 394 g/mol. The number of carbonyl (C=O) groups excluding carboxylic acids is 1. The van der Waals surface area contributed by atoms with Crippen LogP contribution < -0.4 is 10.1 Å². The van der Waals surface area contributed by atoms with Gasteiger partial charge in [0.1, 0.15) is 22.2 Å². The predicted octanol–water partition coefficient (Wildman–Crippen LogP) is 5.16. The number of thioether (sulfide) groups is 1. The molecular weight excluding hydrogens is 367 g/mol. The van der Waals surface area contributed by atoms with E-state index in [0.717, 1.165) is 11.3 Å². The number of aromatic nitrogens is 1. The minimum atomic E-state index is -0.598. The number of halogens is 1. The average molecular weight is 395 g/mol. The van der Waals surface area contributed by atoms with Crippen LogP contribution in [-0.4, -0.2) is 30.4 Å². The number of methoxy groups -OCH3 is 1. The Hall–Kier alpha value is -2.28. The number of hydrogen-bond donors (Lipinski definition) is 1. The van der Waals surface area contributed by atoms with Crippen LogP contribution in [0, 0.1) is 5.82 Å². The van der Waals surface area contributed by atoms with Crippen LogP contribution in [0.15, 0.2) is 35.4 Å². The highest BCUT2D eigenvalue weighted by molar-refractivity contribution is 7.99. The molecule has 0 saturated heterocycles. The van der Waals surface area contributed by atoms with Crippen LogP contribution in [0.25, 0.3) is 0 Å². The number of benzene rings is 1. The summed E-state index contributed by atoms with van der Waals surface area (Å²) in [6.07, 6.45) is 0. The van der Waals surface area contributed by atoms with Gasteiger partial charge < -0.3 is 14.8 Å². The molecule has 0 aliphatic rings. The third-order valence-corrected chi connectivity index (χ3v) is 4.19. The normalized spacial score (nSPS) is 9.85. The fourth-order valence-corrected chi connectivity index (χ4v) is 2.76. The SMILES string of the molecule is CC.CCOC(=O)c1cc(F)c(SCC)nc1NCc1ccc(OC)cc1. The Morgan fingerprint density at radius 3 is 2.44 bits per heavy atom. The van der Waals surface area contributed by atoms with E-state index < -0.39 is 11.8 Å². The van der Waals surface area contributed by atoms with E-state index in [1.165, 1.54) is 17.8 Å². The maximum Gasteiger partial charge on any atom is 0.342 e. The molecule has 0 bridgehead atoms. The third kappa shape index (κ3) is 6.75. The molecule has 0 aliphatic carbocycles. The second-order valence-corrected chi connectivity index (χ2v) is 6.28. The number of nitrogens with zero attached hydrogens (tertiary/aromatic N) is 1. The van der Waals surface area contributed by atoms with Crippen LogP contribution in [0.5, 0.6) is 5.75 Å². The van der Waals surface area contributed by atoms with E-state index in [1.54, 1.807) is 14.0 Å². The lowest BCUT2D eigenvalue weighted by Gasteiger charge is -2.13. The molecule has 0 unspecified atom stereocenters. The van der Waals surface area contributed by atoms with E-state index in [4.69, 9.17) is 9.47 Å². The van der Waals surface area contributed by atoms with E-state index in [1.807, 2.05) is 45.0 Å². The molecule has 7 heteroatoms. The highest BCUT2D eigenvalue weighted by Crippen LogP contribution is 2.25. The van der Waals surface area contributed by atoms with Gasteiger partial charge in [-0.15, -0.1) is 11.8 Å². The Kier molecular flexibility index (Phi) is 10.3. The van der Waals surface area contributed by atoms with Crippen molar-refractivity contribution in [2.75, 3.05) is 24.8 Å². The number of esters is 1. The Morgan fingerprint density at radius 1 is 1.22 bits per heavy atom. The van der Waals surface area contributed by atoms with Gasteiger partial charge in [-0.1, -0.05) is 32.9 Å². The highest BCUT2D eigenvalue weighted by Gasteiger charge is 2.18. The Labute approximate surface area is 164 Å². The maximum absolute atomic E-state index is 14.1. The summed E-state index contributed by atoms with van der Waals surface area (Å²) < 4.78 is 24.3. The van der Waals surface area contributed by atoms with Gasteiger partial charge in [0.25, 0.3) is 0 Å². The number of ether oxygens (including phenoxy) is 2. The number of hydrogen-bond acceptors (Lipinski definition) is 6. The van der Waals surface area contributed by atoms with Crippen molar-refractivity contribution in [1.82, 2.24) is 4.98 Å². The van der Waals surface area contributed by atoms with Gasteiger partial charge in [-0.2, -0.15) is 0 Å². The van der Waals surface area contributed by atoms with Crippen LogP contribution in [0.4, 0.5) is 10.2 Å². The molecular formula is C20H27FN2O3S. The summed E-state index contributed by atoms with van der Waals surface area (Å²) in [4.78, 5) is 16.4. The molecule has 0 radical (unpaired) electrons. The molecule has 2 rings (SSSR count). The first-order chi connectivity index (χ1) is 13.1. The van der Waals surface area contributed by atoms with Gasteiger partial charge in [0.15, 0.2) is 5.82 Å². The number of carbonyl (C=O) groups is 1. The zero-order chi connectivity index (χ0) is 20.2. The smallest absolute Gasteiger partial charge is 0.342 e. The molecule has 0 aliphatic heterocycles. The average Bonchev–Trinajstić information content (AvgIpc) is 2.70. The van der Waals surface area contributed by atoms with Crippen molar-refractivity contribution in [3.05, 3.63) is 47.3 Å². The van der Waals surface area contributed by atoms with Gasteiger partial charge >= 0.3 is 5.97 Å². The largest absolute Gasteiger partial charge is 0.497 e. The van der Waals surface area contributed by atoms with Gasteiger partial charge in [0, 0.05) is 6.54 Å². The molecule has 1 aromatic heterocycles. The first-order valence-corrected chi connectivity index (χ1v) is 9.94. The van der Waals surface area contributed by atoms with Crippen molar-refractivity contribution < 1.29 is 18.7 Å². The Bertz CT molecular complexity index is 724. The fraction of sp³-hybridized carbons (Fsp3) is 0.400. The van der Waals surface area contributed by atoms with Crippen molar-refractivity contribution in [2.45, 2.75) is 39.3 Å². The molecule has 1 N–H and O–H groups in total. The van der Waals surface area contributed by atoms with Crippen molar-refractivity contribution >= 4 is 23.5 Å². The second-order valence-electron chi connectivity index (χ2n) is 5.03. The number of rotatable bonds is 8. The molecule has 0 fully saturated rings. The van der Waals surface area contributed by atoms with E-state index in [-0.39, 0.29) is 17.2 Å². The van der Waals surface area contributed by atoms with Gasteiger partial charge in [0.2, 0.25) is 0 Å². The lowest BCUT2D eigenvalue weighted by molar-refractivity contribution is 0.0526. The van der Waals surface area contributed by atoms with E-state index in [2.05, 4.69) is 10.3 Å². The zero-order valence-electron chi connectivity index (χ0n) is 16.5. The summed E-state index contributed by atoms with van der Waals surface area (Å²) in [6, 6.07) is 8.68. The van der Waals surface area contributed by atoms with E-state index in [9.17, 15) is 9.18 Å². The fourth-order valence-electron chi connectivity index (χ4n) is 2.14. The lowest BCUT2D eigenvalue weighted by atomic mass is 10.2. The van der Waals surface area contributed by atoms with Crippen LogP contribution in [0.1, 0.15) is 43.6 Å². The summed E-state index contributed by atoms with van der Waals surface area (Å²) in [6.45, 7) is 8.26. The summed E-state index contributed by atoms with van der Waals surface area (Å²) in [7, 11) is 1.61. The van der Waals surface area contributed by atoms with Crippen molar-refractivity contribution in [2.24, 2.45) is 0 Å². The van der Waals surface area contributed by atoms with Crippen LogP contribution in [0.3, 0.4) is 0 Å². The van der Waals surface area contributed by atoms with Crippen LogP contribution >= 0.6 is 11.8 Å². The predicted molar refractivity (Wildman–Crippen MR) is 108 cm³/mol. The standard InChI is InChI=1S/C18H21FN2O3S.C2H6/c1-4-24-18(22)14-10-15(19)17(25-5-2)21-16(14)20-11-12-6-8-13(23-3)9-7-12;1-2/h6-10H,4-5,11H2,1-3H3,(H,20,21);1-2H3. The van der Waals surface area contributed by atoms with Crippen molar-refractivity contribution in [3.8, 4) is 5.75 Å². The number of anilines is 1. The summed E-state index contributed by atoms with van der Waals surface area (Å²) in [5, 5.41) is 3.36. The molecule has 148 valence electrons. The minimum Gasteiger partial charge on any atom is -0.497 e. The molecule has 1 aromatic carbocycles. The third-order valence-electron chi connectivity index (χ3n) is 3.34. The first-order valence-electron chi connectivity index (χ1n) is 8.96. The van der Waals surface area contributed by atoms with Crippen molar-refractivity contribution in [1.29, 1.82) is 0 Å². The number of pyridine rings is 1. The van der Waals surface area contributed by atoms with Gasteiger partial charge in [0.05, 0.1) is 13.7 Å². The molecule has 1 heterocycles. The quantitative estimate of drug-likeness (QED) is 0.493. The van der Waals surface area contributed by atoms with E-state index in [0.29, 0.717) is 18.1 Å². The second kappa shape index (κ2) is 12.2. The maximum atomic E-state index is 14.1. The molecule has 0 atom stereocenters. The molecule has 27 heavy (non-hydrogen) atoms. The van der Waals surface area contributed by atoms with E-state index >= 15 is 0 Å². The Balaban J connectivity index is 0.00000176. The van der Waals surface area contributed by atoms with Crippen LogP contribution in [0.2, 0.25) is 0 Å². The summed E-state index contributed by atoms with van der Waals surface area (Å²) in [5.41, 5.74) is 1.07. The Morgan fingerprint density at radius 2 is 1.89 bits per heavy atom. The first kappa shape index (κ1) is 22.8. The minimum absolute atomic E-state index is 0.0910.